The first kappa shape index (κ1) is 16.2. The predicted octanol–water partition coefficient (Wildman–Crippen LogP) is 4.07. The number of unbranched alkanes of at least 4 members (excludes halogenated alkanes) is 1. The molecule has 116 valence electrons. The summed E-state index contributed by atoms with van der Waals surface area (Å²) in [6, 6.07) is 0. The van der Waals surface area contributed by atoms with Crippen LogP contribution >= 0.6 is 11.8 Å². The summed E-state index contributed by atoms with van der Waals surface area (Å²) in [4.78, 5) is 13.3. The van der Waals surface area contributed by atoms with Crippen LogP contribution in [0.4, 0.5) is 0 Å². The second-order valence-corrected chi connectivity index (χ2v) is 6.91. The molecule has 1 atom stereocenters. The smallest absolute Gasteiger partial charge is 0.319 e. The Morgan fingerprint density at radius 2 is 2.00 bits per heavy atom. The second kappa shape index (κ2) is 6.73. The third kappa shape index (κ3) is 3.20. The number of hydrogen-bond acceptors (Lipinski definition) is 4. The molecule has 0 amide bonds. The number of ether oxygens (including phenoxy) is 1. The van der Waals surface area contributed by atoms with Gasteiger partial charge in [-0.25, -0.2) is 0 Å². The van der Waals surface area contributed by atoms with Gasteiger partial charge in [0.05, 0.1) is 6.61 Å². The van der Waals surface area contributed by atoms with Crippen molar-refractivity contribution in [3.05, 3.63) is 22.3 Å². The van der Waals surface area contributed by atoms with Gasteiger partial charge in [-0.1, -0.05) is 13.3 Å². The average Bonchev–Trinajstić information content (AvgIpc) is 2.50. The van der Waals surface area contributed by atoms with E-state index in [1.54, 1.807) is 11.8 Å². The number of rotatable bonds is 4. The van der Waals surface area contributed by atoms with E-state index in [4.69, 9.17) is 4.74 Å². The van der Waals surface area contributed by atoms with E-state index in [2.05, 4.69) is 6.92 Å². The number of fused-ring (bicyclic) bond motifs is 1. The van der Waals surface area contributed by atoms with Crippen LogP contribution < -0.4 is 0 Å². The molecule has 1 heterocycles. The van der Waals surface area contributed by atoms with Crippen LogP contribution in [-0.4, -0.2) is 22.9 Å². The van der Waals surface area contributed by atoms with Gasteiger partial charge < -0.3 is 9.84 Å². The lowest BCUT2D eigenvalue weighted by atomic mass is 9.95. The molecule has 0 bridgehead atoms. The van der Waals surface area contributed by atoms with Crippen molar-refractivity contribution >= 4 is 17.7 Å². The Morgan fingerprint density at radius 3 is 2.67 bits per heavy atom. The highest BCUT2D eigenvalue weighted by Crippen LogP contribution is 2.44. The molecule has 1 unspecified atom stereocenters. The van der Waals surface area contributed by atoms with Crippen molar-refractivity contribution in [2.24, 2.45) is 0 Å². The molecule has 1 aromatic carbocycles. The molecule has 2 rings (SSSR count). The van der Waals surface area contributed by atoms with Crippen LogP contribution in [0.2, 0.25) is 0 Å². The van der Waals surface area contributed by atoms with Crippen LogP contribution in [-0.2, 0) is 16.0 Å². The topological polar surface area (TPSA) is 46.5 Å². The predicted molar refractivity (Wildman–Crippen MR) is 86.2 cm³/mol. The molecule has 0 fully saturated rings. The zero-order chi connectivity index (χ0) is 15.6. The maximum atomic E-state index is 12.1. The maximum Gasteiger partial charge on any atom is 0.319 e. The van der Waals surface area contributed by atoms with Gasteiger partial charge in [0.2, 0.25) is 0 Å². The highest BCUT2D eigenvalue weighted by atomic mass is 32.2. The van der Waals surface area contributed by atoms with E-state index in [-0.39, 0.29) is 11.2 Å². The minimum Gasteiger partial charge on any atom is -0.507 e. The molecule has 1 aromatic rings. The number of phenolic OH excluding ortho intramolecular Hbond substituents is 1. The van der Waals surface area contributed by atoms with Gasteiger partial charge in [0.25, 0.3) is 0 Å². The molecule has 1 N–H and O–H groups in total. The number of phenols is 1. The average molecular weight is 308 g/mol. The number of thioether (sulfide) groups is 1. The number of benzene rings is 1. The van der Waals surface area contributed by atoms with Gasteiger partial charge in [-0.2, -0.15) is 0 Å². The number of carbonyl (C=O) groups is 1. The summed E-state index contributed by atoms with van der Waals surface area (Å²) in [5.74, 6) is 0.303. The first-order valence-corrected chi connectivity index (χ1v) is 8.50. The van der Waals surface area contributed by atoms with Crippen molar-refractivity contribution in [2.75, 3.05) is 6.61 Å². The van der Waals surface area contributed by atoms with Gasteiger partial charge >= 0.3 is 5.97 Å². The fraction of sp³-hybridized carbons (Fsp3) is 0.588. The summed E-state index contributed by atoms with van der Waals surface area (Å²) in [5, 5.41) is 10.0. The molecule has 0 aliphatic carbocycles. The largest absolute Gasteiger partial charge is 0.507 e. The zero-order valence-electron chi connectivity index (χ0n) is 13.3. The highest BCUT2D eigenvalue weighted by Gasteiger charge is 2.30. The Balaban J connectivity index is 2.19. The lowest BCUT2D eigenvalue weighted by Gasteiger charge is -2.27. The maximum absolute atomic E-state index is 12.1. The normalized spacial score (nSPS) is 17.4. The van der Waals surface area contributed by atoms with Gasteiger partial charge in [-0.3, -0.25) is 4.79 Å². The molecule has 1 aliphatic heterocycles. The Bertz CT molecular complexity index is 552. The second-order valence-electron chi connectivity index (χ2n) is 5.70. The third-order valence-electron chi connectivity index (χ3n) is 4.26. The van der Waals surface area contributed by atoms with E-state index in [0.717, 1.165) is 47.3 Å². The Morgan fingerprint density at radius 1 is 1.29 bits per heavy atom. The Hall–Kier alpha value is -1.16. The summed E-state index contributed by atoms with van der Waals surface area (Å²) >= 11 is 1.60. The molecule has 1 aliphatic rings. The van der Waals surface area contributed by atoms with Crippen LogP contribution in [0.25, 0.3) is 0 Å². The van der Waals surface area contributed by atoms with Crippen LogP contribution in [0, 0.1) is 20.8 Å². The molecular weight excluding hydrogens is 284 g/mol. The molecule has 0 spiro atoms. The van der Waals surface area contributed by atoms with Crippen LogP contribution in [0.3, 0.4) is 0 Å². The van der Waals surface area contributed by atoms with Gasteiger partial charge in [0.15, 0.2) is 0 Å². The lowest BCUT2D eigenvalue weighted by Crippen LogP contribution is -2.25. The van der Waals surface area contributed by atoms with Crippen LogP contribution in [0.1, 0.15) is 48.4 Å². The van der Waals surface area contributed by atoms with E-state index >= 15 is 0 Å². The number of hydrogen-bond donors (Lipinski definition) is 1. The molecule has 0 saturated heterocycles. The van der Waals surface area contributed by atoms with Crippen molar-refractivity contribution in [1.29, 1.82) is 0 Å². The molecule has 3 nitrogen and oxygen atoms in total. The first-order valence-electron chi connectivity index (χ1n) is 7.62. The van der Waals surface area contributed by atoms with Crippen molar-refractivity contribution in [1.82, 2.24) is 0 Å². The monoisotopic (exact) mass is 308 g/mol. The van der Waals surface area contributed by atoms with E-state index in [9.17, 15) is 9.90 Å². The number of carbonyl (C=O) groups excluding carboxylic acids is 1. The van der Waals surface area contributed by atoms with E-state index < -0.39 is 0 Å². The number of aromatic hydroxyl groups is 1. The fourth-order valence-electron chi connectivity index (χ4n) is 2.68. The lowest BCUT2D eigenvalue weighted by molar-refractivity contribution is -0.143. The highest BCUT2D eigenvalue weighted by molar-refractivity contribution is 8.00. The summed E-state index contributed by atoms with van der Waals surface area (Å²) < 4.78 is 5.35. The molecule has 0 radical (unpaired) electrons. The number of esters is 1. The minimum absolute atomic E-state index is 0.0955. The van der Waals surface area contributed by atoms with Crippen LogP contribution in [0.5, 0.6) is 5.75 Å². The standard InChI is InChI=1S/C17H24O3S/c1-5-6-9-20-17(19)14-8-7-13-12(4)15(18)10(2)11(3)16(13)21-14/h14,18H,5-9H2,1-4H3. The van der Waals surface area contributed by atoms with Gasteiger partial charge in [-0.15, -0.1) is 11.8 Å². The van der Waals surface area contributed by atoms with E-state index in [1.165, 1.54) is 5.56 Å². The molecular formula is C17H24O3S. The Kier molecular flexibility index (Phi) is 5.20. The summed E-state index contributed by atoms with van der Waals surface area (Å²) in [5.41, 5.74) is 4.15. The summed E-state index contributed by atoms with van der Waals surface area (Å²) in [6.07, 6.45) is 3.57. The molecule has 0 saturated carbocycles. The van der Waals surface area contributed by atoms with E-state index in [1.807, 2.05) is 20.8 Å². The van der Waals surface area contributed by atoms with Crippen molar-refractivity contribution in [3.8, 4) is 5.75 Å². The molecule has 0 aromatic heterocycles. The SMILES string of the molecule is CCCCOC(=O)C1CCc2c(C)c(O)c(C)c(C)c2S1. The zero-order valence-corrected chi connectivity index (χ0v) is 14.1. The third-order valence-corrected chi connectivity index (χ3v) is 5.76. The summed E-state index contributed by atoms with van der Waals surface area (Å²) in [6.45, 7) is 8.51. The van der Waals surface area contributed by atoms with Gasteiger partial charge in [0, 0.05) is 4.90 Å². The van der Waals surface area contributed by atoms with Crippen molar-refractivity contribution in [2.45, 2.75) is 63.5 Å². The van der Waals surface area contributed by atoms with Crippen LogP contribution in [0.15, 0.2) is 4.90 Å². The quantitative estimate of drug-likeness (QED) is 0.673. The molecule has 4 heteroatoms. The van der Waals surface area contributed by atoms with E-state index in [0.29, 0.717) is 12.4 Å². The van der Waals surface area contributed by atoms with Crippen molar-refractivity contribution in [3.63, 3.8) is 0 Å². The minimum atomic E-state index is -0.114. The summed E-state index contributed by atoms with van der Waals surface area (Å²) in [7, 11) is 0. The Labute approximate surface area is 131 Å². The first-order chi connectivity index (χ1) is 9.97. The fourth-order valence-corrected chi connectivity index (χ4v) is 4.09. The van der Waals surface area contributed by atoms with Gasteiger partial charge in [0.1, 0.15) is 11.0 Å². The van der Waals surface area contributed by atoms with Crippen molar-refractivity contribution < 1.29 is 14.6 Å². The van der Waals surface area contributed by atoms with Gasteiger partial charge in [-0.05, 0) is 62.3 Å². The molecule has 21 heavy (non-hydrogen) atoms.